The molecule has 5 fully saturated rings. The van der Waals surface area contributed by atoms with Gasteiger partial charge >= 0.3 is 0 Å². The molecule has 1 saturated heterocycles. The summed E-state index contributed by atoms with van der Waals surface area (Å²) in [7, 11) is 0. The summed E-state index contributed by atoms with van der Waals surface area (Å²) in [5.41, 5.74) is 0.602. The van der Waals surface area contributed by atoms with Gasteiger partial charge in [-0.05, 0) is 74.5 Å². The van der Waals surface area contributed by atoms with Gasteiger partial charge in [-0.15, -0.1) is 0 Å². The Hall–Kier alpha value is -0.0400. The summed E-state index contributed by atoms with van der Waals surface area (Å²) < 4.78 is 5.98. The fraction of sp³-hybridized carbons (Fsp3) is 0.929. The standard InChI is InChI=1S/C14H21O/c1-2-13(15-3-1)14-7-10-4-11(8-14)6-12(5-10)9-14/h2,10-13H,1,3-9H2. The van der Waals surface area contributed by atoms with Crippen molar-refractivity contribution in [1.29, 1.82) is 0 Å². The SMILES string of the molecule is [CH]1CCOC1C12CC3CC(CC(C3)C1)C2. The molecule has 1 aliphatic heterocycles. The minimum atomic E-state index is 0.533. The monoisotopic (exact) mass is 205 g/mol. The lowest BCUT2D eigenvalue weighted by Crippen LogP contribution is -2.51. The topological polar surface area (TPSA) is 9.23 Å². The first kappa shape index (κ1) is 9.04. The molecule has 5 aliphatic rings. The van der Waals surface area contributed by atoms with Crippen LogP contribution in [0.15, 0.2) is 0 Å². The van der Waals surface area contributed by atoms with Gasteiger partial charge in [-0.25, -0.2) is 0 Å². The lowest BCUT2D eigenvalue weighted by molar-refractivity contribution is -0.117. The Morgan fingerprint density at radius 3 is 2.00 bits per heavy atom. The van der Waals surface area contributed by atoms with Crippen molar-refractivity contribution < 1.29 is 4.74 Å². The first-order chi connectivity index (χ1) is 7.34. The molecule has 4 aliphatic carbocycles. The van der Waals surface area contributed by atoms with E-state index < -0.39 is 0 Å². The summed E-state index contributed by atoms with van der Waals surface area (Å²) in [5.74, 6) is 3.19. The normalized spacial score (nSPS) is 57.6. The highest BCUT2D eigenvalue weighted by molar-refractivity contribution is 5.08. The molecule has 5 rings (SSSR count). The third-order valence-corrected chi connectivity index (χ3v) is 5.49. The first-order valence-electron chi connectivity index (χ1n) is 6.79. The van der Waals surface area contributed by atoms with Gasteiger partial charge in [0.1, 0.15) is 0 Å². The smallest absolute Gasteiger partial charge is 0.0664 e. The van der Waals surface area contributed by atoms with Gasteiger partial charge in [0.25, 0.3) is 0 Å². The zero-order valence-corrected chi connectivity index (χ0v) is 9.45. The third kappa shape index (κ3) is 1.25. The highest BCUT2D eigenvalue weighted by Gasteiger charge is 2.55. The minimum absolute atomic E-state index is 0.533. The Kier molecular flexibility index (Phi) is 1.81. The van der Waals surface area contributed by atoms with Crippen LogP contribution in [0.5, 0.6) is 0 Å². The van der Waals surface area contributed by atoms with E-state index in [1.165, 1.54) is 25.7 Å². The molecule has 1 heterocycles. The minimum Gasteiger partial charge on any atom is -0.377 e. The molecule has 0 aromatic heterocycles. The third-order valence-electron chi connectivity index (χ3n) is 5.49. The van der Waals surface area contributed by atoms with Crippen LogP contribution in [0.4, 0.5) is 0 Å². The maximum Gasteiger partial charge on any atom is 0.0664 e. The van der Waals surface area contributed by atoms with Crippen LogP contribution in [-0.4, -0.2) is 12.7 Å². The van der Waals surface area contributed by atoms with Crippen LogP contribution < -0.4 is 0 Å². The Morgan fingerprint density at radius 1 is 0.933 bits per heavy atom. The molecule has 1 radical (unpaired) electrons. The van der Waals surface area contributed by atoms with Crippen LogP contribution in [-0.2, 0) is 4.74 Å². The molecule has 15 heavy (non-hydrogen) atoms. The van der Waals surface area contributed by atoms with Crippen molar-refractivity contribution in [2.24, 2.45) is 23.2 Å². The van der Waals surface area contributed by atoms with Gasteiger partial charge in [0, 0.05) is 6.61 Å². The molecule has 0 aromatic rings. The highest BCUT2D eigenvalue weighted by atomic mass is 16.5. The molecular weight excluding hydrogens is 184 g/mol. The fourth-order valence-corrected chi connectivity index (χ4v) is 5.44. The van der Waals surface area contributed by atoms with E-state index in [1.54, 1.807) is 19.3 Å². The fourth-order valence-electron chi connectivity index (χ4n) is 5.44. The van der Waals surface area contributed by atoms with Gasteiger partial charge < -0.3 is 4.74 Å². The number of rotatable bonds is 1. The van der Waals surface area contributed by atoms with E-state index in [9.17, 15) is 0 Å². The first-order valence-corrected chi connectivity index (χ1v) is 6.79. The van der Waals surface area contributed by atoms with E-state index >= 15 is 0 Å². The molecular formula is C14H21O. The van der Waals surface area contributed by atoms with Crippen LogP contribution in [0.3, 0.4) is 0 Å². The average molecular weight is 205 g/mol. The zero-order valence-electron chi connectivity index (χ0n) is 9.45. The van der Waals surface area contributed by atoms with Gasteiger partial charge in [0.15, 0.2) is 0 Å². The van der Waals surface area contributed by atoms with E-state index in [0.29, 0.717) is 11.5 Å². The van der Waals surface area contributed by atoms with Crippen molar-refractivity contribution >= 4 is 0 Å². The highest BCUT2D eigenvalue weighted by Crippen LogP contribution is 2.62. The van der Waals surface area contributed by atoms with E-state index in [1.807, 2.05) is 0 Å². The molecule has 4 bridgehead atoms. The molecule has 83 valence electrons. The van der Waals surface area contributed by atoms with Crippen molar-refractivity contribution in [1.82, 2.24) is 0 Å². The second-order valence-corrected chi connectivity index (χ2v) is 6.60. The summed E-state index contributed by atoms with van der Waals surface area (Å²) in [6.07, 6.45) is 13.3. The molecule has 1 unspecified atom stereocenters. The Labute approximate surface area is 92.6 Å². The summed E-state index contributed by atoms with van der Waals surface area (Å²) in [6, 6.07) is 0. The quantitative estimate of drug-likeness (QED) is 0.639. The van der Waals surface area contributed by atoms with Crippen molar-refractivity contribution in [3.8, 4) is 0 Å². The Bertz CT molecular complexity index is 229. The van der Waals surface area contributed by atoms with E-state index in [-0.39, 0.29) is 0 Å². The number of hydrogen-bond acceptors (Lipinski definition) is 1. The van der Waals surface area contributed by atoms with Crippen molar-refractivity contribution in [2.75, 3.05) is 6.61 Å². The van der Waals surface area contributed by atoms with Gasteiger partial charge in [-0.3, -0.25) is 0 Å². The summed E-state index contributed by atoms with van der Waals surface area (Å²) in [4.78, 5) is 0. The molecule has 0 amide bonds. The van der Waals surface area contributed by atoms with Gasteiger partial charge in [0.05, 0.1) is 6.10 Å². The average Bonchev–Trinajstić information content (AvgIpc) is 2.67. The van der Waals surface area contributed by atoms with Crippen molar-refractivity contribution in [3.05, 3.63) is 6.42 Å². The largest absolute Gasteiger partial charge is 0.377 e. The lowest BCUT2D eigenvalue weighted by atomic mass is 9.48. The Morgan fingerprint density at radius 2 is 1.53 bits per heavy atom. The molecule has 0 aromatic carbocycles. The van der Waals surface area contributed by atoms with E-state index in [4.69, 9.17) is 4.74 Å². The molecule has 0 spiro atoms. The molecule has 1 nitrogen and oxygen atoms in total. The lowest BCUT2D eigenvalue weighted by Gasteiger charge is -2.58. The van der Waals surface area contributed by atoms with Crippen LogP contribution in [0, 0.1) is 29.6 Å². The maximum atomic E-state index is 5.98. The van der Waals surface area contributed by atoms with E-state index in [0.717, 1.165) is 24.4 Å². The van der Waals surface area contributed by atoms with Crippen LogP contribution in [0.2, 0.25) is 0 Å². The summed E-state index contributed by atoms with van der Waals surface area (Å²) in [6.45, 7) is 0.992. The Balaban J connectivity index is 1.65. The number of ether oxygens (including phenoxy) is 1. The molecule has 4 saturated carbocycles. The van der Waals surface area contributed by atoms with Crippen molar-refractivity contribution in [3.63, 3.8) is 0 Å². The van der Waals surface area contributed by atoms with E-state index in [2.05, 4.69) is 6.42 Å². The number of hydrogen-bond donors (Lipinski definition) is 0. The van der Waals surface area contributed by atoms with Crippen LogP contribution in [0.25, 0.3) is 0 Å². The molecule has 1 atom stereocenters. The second-order valence-electron chi connectivity index (χ2n) is 6.60. The van der Waals surface area contributed by atoms with Gasteiger partial charge in [0.2, 0.25) is 0 Å². The zero-order chi connectivity index (χ0) is 9.88. The van der Waals surface area contributed by atoms with Gasteiger partial charge in [-0.2, -0.15) is 0 Å². The van der Waals surface area contributed by atoms with Crippen LogP contribution in [0.1, 0.15) is 44.9 Å². The van der Waals surface area contributed by atoms with Crippen LogP contribution >= 0.6 is 0 Å². The molecule has 0 N–H and O–H groups in total. The summed E-state index contributed by atoms with van der Waals surface area (Å²) in [5, 5.41) is 0. The summed E-state index contributed by atoms with van der Waals surface area (Å²) >= 11 is 0. The predicted molar refractivity (Wildman–Crippen MR) is 59.3 cm³/mol. The second kappa shape index (κ2) is 3.00. The van der Waals surface area contributed by atoms with Gasteiger partial charge in [-0.1, -0.05) is 0 Å². The predicted octanol–water partition coefficient (Wildman–Crippen LogP) is 3.20. The molecule has 1 heteroatoms. The van der Waals surface area contributed by atoms with Crippen molar-refractivity contribution in [2.45, 2.75) is 51.0 Å². The maximum absolute atomic E-state index is 5.98.